The first-order valence-corrected chi connectivity index (χ1v) is 10.5. The Labute approximate surface area is 182 Å². The Morgan fingerprint density at radius 2 is 1.68 bits per heavy atom. The fourth-order valence-electron chi connectivity index (χ4n) is 3.67. The lowest BCUT2D eigenvalue weighted by Crippen LogP contribution is -2.28. The first-order valence-electron chi connectivity index (χ1n) is 10.5. The summed E-state index contributed by atoms with van der Waals surface area (Å²) in [6.07, 6.45) is 1.03. The van der Waals surface area contributed by atoms with Crippen molar-refractivity contribution < 1.29 is 9.53 Å². The van der Waals surface area contributed by atoms with Crippen LogP contribution in [-0.4, -0.2) is 29.1 Å². The van der Waals surface area contributed by atoms with Gasteiger partial charge in [-0.25, -0.2) is 4.98 Å². The molecule has 0 spiro atoms. The first kappa shape index (κ1) is 20.7. The molecule has 1 amide bonds. The minimum Gasteiger partial charge on any atom is -0.497 e. The maximum atomic E-state index is 12.4. The summed E-state index contributed by atoms with van der Waals surface area (Å²) < 4.78 is 7.41. The minimum absolute atomic E-state index is 0.00589. The van der Waals surface area contributed by atoms with E-state index in [2.05, 4.69) is 47.1 Å². The molecule has 0 radical (unpaired) electrons. The molecular weight excluding hydrogens is 386 g/mol. The molecule has 3 aromatic carbocycles. The van der Waals surface area contributed by atoms with Gasteiger partial charge in [-0.1, -0.05) is 54.1 Å². The van der Waals surface area contributed by atoms with E-state index in [0.717, 1.165) is 34.7 Å². The Morgan fingerprint density at radius 3 is 2.42 bits per heavy atom. The number of aryl methyl sites for hydroxylation is 1. The maximum absolute atomic E-state index is 12.4. The van der Waals surface area contributed by atoms with Gasteiger partial charge in [-0.05, 0) is 42.3 Å². The normalized spacial score (nSPS) is 10.9. The summed E-state index contributed by atoms with van der Waals surface area (Å²) in [4.78, 5) is 17.2. The predicted molar refractivity (Wildman–Crippen MR) is 123 cm³/mol. The zero-order valence-corrected chi connectivity index (χ0v) is 18.0. The third-order valence-electron chi connectivity index (χ3n) is 5.39. The molecule has 158 valence electrons. The van der Waals surface area contributed by atoms with Crippen molar-refractivity contribution in [3.05, 3.63) is 95.3 Å². The molecule has 0 aliphatic rings. The summed E-state index contributed by atoms with van der Waals surface area (Å²) in [6, 6.07) is 24.3. The van der Waals surface area contributed by atoms with Crippen molar-refractivity contribution in [3.63, 3.8) is 0 Å². The Bertz CT molecular complexity index is 1160. The molecule has 0 atom stereocenters. The fourth-order valence-corrected chi connectivity index (χ4v) is 3.67. The second-order valence-electron chi connectivity index (χ2n) is 7.71. The molecule has 1 N–H and O–H groups in total. The molecule has 0 unspecified atom stereocenters. The van der Waals surface area contributed by atoms with E-state index in [9.17, 15) is 4.79 Å². The molecule has 31 heavy (non-hydrogen) atoms. The molecule has 0 aliphatic heterocycles. The average Bonchev–Trinajstić information content (AvgIpc) is 3.13. The van der Waals surface area contributed by atoms with Crippen LogP contribution in [-0.2, 0) is 24.2 Å². The summed E-state index contributed by atoms with van der Waals surface area (Å²) in [5.41, 5.74) is 5.54. The number of carbonyl (C=O) groups is 1. The molecule has 4 aromatic rings. The van der Waals surface area contributed by atoms with Gasteiger partial charge in [0.1, 0.15) is 11.6 Å². The number of imidazole rings is 1. The highest BCUT2D eigenvalue weighted by molar-refractivity contribution is 5.78. The smallest absolute Gasteiger partial charge is 0.224 e. The van der Waals surface area contributed by atoms with Crippen LogP contribution in [0, 0.1) is 6.92 Å². The van der Waals surface area contributed by atoms with Crippen LogP contribution in [0.15, 0.2) is 72.8 Å². The van der Waals surface area contributed by atoms with Crippen molar-refractivity contribution in [2.24, 2.45) is 0 Å². The Kier molecular flexibility index (Phi) is 6.32. The number of methoxy groups -OCH3 is 1. The standard InChI is InChI=1S/C26H27N3O2/c1-19-7-9-21(10-8-19)18-29-24-6-4-3-5-23(24)28-25(29)15-16-27-26(30)17-20-11-13-22(31-2)14-12-20/h3-14H,15-18H2,1-2H3,(H,27,30). The van der Waals surface area contributed by atoms with Gasteiger partial charge in [-0.2, -0.15) is 0 Å². The van der Waals surface area contributed by atoms with Crippen molar-refractivity contribution in [2.75, 3.05) is 13.7 Å². The predicted octanol–water partition coefficient (Wildman–Crippen LogP) is 4.30. The van der Waals surface area contributed by atoms with Crippen LogP contribution in [0.1, 0.15) is 22.5 Å². The van der Waals surface area contributed by atoms with Gasteiger partial charge in [0.15, 0.2) is 0 Å². The largest absolute Gasteiger partial charge is 0.497 e. The number of carbonyl (C=O) groups excluding carboxylic acids is 1. The summed E-state index contributed by atoms with van der Waals surface area (Å²) in [6.45, 7) is 3.40. The van der Waals surface area contributed by atoms with E-state index < -0.39 is 0 Å². The topological polar surface area (TPSA) is 56.1 Å². The van der Waals surface area contributed by atoms with Crippen LogP contribution in [0.25, 0.3) is 11.0 Å². The minimum atomic E-state index is 0.00589. The number of benzene rings is 3. The zero-order valence-electron chi connectivity index (χ0n) is 18.0. The van der Waals surface area contributed by atoms with Gasteiger partial charge in [-0.15, -0.1) is 0 Å². The van der Waals surface area contributed by atoms with E-state index in [1.807, 2.05) is 42.5 Å². The maximum Gasteiger partial charge on any atom is 0.224 e. The number of rotatable bonds is 8. The zero-order chi connectivity index (χ0) is 21.6. The molecule has 0 bridgehead atoms. The summed E-state index contributed by atoms with van der Waals surface area (Å²) in [7, 11) is 1.63. The van der Waals surface area contributed by atoms with Gasteiger partial charge in [0.25, 0.3) is 0 Å². The molecule has 0 saturated heterocycles. The molecule has 0 aliphatic carbocycles. The number of fused-ring (bicyclic) bond motifs is 1. The second-order valence-corrected chi connectivity index (χ2v) is 7.71. The van der Waals surface area contributed by atoms with Crippen molar-refractivity contribution in [3.8, 4) is 5.75 Å². The van der Waals surface area contributed by atoms with Gasteiger partial charge in [-0.3, -0.25) is 4.79 Å². The van der Waals surface area contributed by atoms with E-state index in [-0.39, 0.29) is 5.91 Å². The third kappa shape index (κ3) is 5.12. The first-order chi connectivity index (χ1) is 15.1. The SMILES string of the molecule is COc1ccc(CC(=O)NCCc2nc3ccccc3n2Cc2ccc(C)cc2)cc1. The third-order valence-corrected chi connectivity index (χ3v) is 5.39. The Balaban J connectivity index is 1.42. The number of nitrogens with zero attached hydrogens (tertiary/aromatic N) is 2. The lowest BCUT2D eigenvalue weighted by Gasteiger charge is -2.11. The molecule has 5 heteroatoms. The molecule has 5 nitrogen and oxygen atoms in total. The van der Waals surface area contributed by atoms with Crippen molar-refractivity contribution in [1.82, 2.24) is 14.9 Å². The van der Waals surface area contributed by atoms with Crippen LogP contribution >= 0.6 is 0 Å². The number of para-hydroxylation sites is 2. The van der Waals surface area contributed by atoms with Crippen LogP contribution in [0.5, 0.6) is 5.75 Å². The second kappa shape index (κ2) is 9.47. The Hall–Kier alpha value is -3.60. The van der Waals surface area contributed by atoms with Crippen LogP contribution in [0.3, 0.4) is 0 Å². The van der Waals surface area contributed by atoms with E-state index >= 15 is 0 Å². The fraction of sp³-hybridized carbons (Fsp3) is 0.231. The summed E-state index contributed by atoms with van der Waals surface area (Å²) >= 11 is 0. The molecule has 0 fully saturated rings. The van der Waals surface area contributed by atoms with Gasteiger partial charge < -0.3 is 14.6 Å². The lowest BCUT2D eigenvalue weighted by molar-refractivity contribution is -0.120. The molecular formula is C26H27N3O2. The van der Waals surface area contributed by atoms with E-state index in [1.165, 1.54) is 11.1 Å². The monoisotopic (exact) mass is 413 g/mol. The molecule has 1 heterocycles. The summed E-state index contributed by atoms with van der Waals surface area (Å²) in [5.74, 6) is 1.77. The lowest BCUT2D eigenvalue weighted by atomic mass is 10.1. The number of ether oxygens (including phenoxy) is 1. The highest BCUT2D eigenvalue weighted by atomic mass is 16.5. The quantitative estimate of drug-likeness (QED) is 0.468. The van der Waals surface area contributed by atoms with Crippen LogP contribution in [0.2, 0.25) is 0 Å². The number of nitrogens with one attached hydrogen (secondary N) is 1. The van der Waals surface area contributed by atoms with Crippen molar-refractivity contribution in [2.45, 2.75) is 26.3 Å². The molecule has 1 aromatic heterocycles. The van der Waals surface area contributed by atoms with Gasteiger partial charge >= 0.3 is 0 Å². The molecule has 0 saturated carbocycles. The van der Waals surface area contributed by atoms with Crippen molar-refractivity contribution in [1.29, 1.82) is 0 Å². The van der Waals surface area contributed by atoms with E-state index in [0.29, 0.717) is 19.4 Å². The Morgan fingerprint density at radius 1 is 0.968 bits per heavy atom. The summed E-state index contributed by atoms with van der Waals surface area (Å²) in [5, 5.41) is 3.03. The number of amides is 1. The van der Waals surface area contributed by atoms with Gasteiger partial charge in [0.2, 0.25) is 5.91 Å². The van der Waals surface area contributed by atoms with E-state index in [1.54, 1.807) is 7.11 Å². The van der Waals surface area contributed by atoms with Gasteiger partial charge in [0, 0.05) is 19.5 Å². The molecule has 4 rings (SSSR count). The highest BCUT2D eigenvalue weighted by Gasteiger charge is 2.12. The van der Waals surface area contributed by atoms with Crippen LogP contribution < -0.4 is 10.1 Å². The van der Waals surface area contributed by atoms with Crippen molar-refractivity contribution >= 4 is 16.9 Å². The van der Waals surface area contributed by atoms with Gasteiger partial charge in [0.05, 0.1) is 24.6 Å². The average molecular weight is 414 g/mol. The van der Waals surface area contributed by atoms with E-state index in [4.69, 9.17) is 9.72 Å². The van der Waals surface area contributed by atoms with Crippen LogP contribution in [0.4, 0.5) is 0 Å². The number of aromatic nitrogens is 2. The number of hydrogen-bond acceptors (Lipinski definition) is 3. The number of hydrogen-bond donors (Lipinski definition) is 1. The highest BCUT2D eigenvalue weighted by Crippen LogP contribution is 2.19.